The molecule has 0 saturated heterocycles. The number of aromatic nitrogens is 6. The number of imidazole rings is 1. The van der Waals surface area contributed by atoms with Gasteiger partial charge in [-0.05, 0) is 52.6 Å². The van der Waals surface area contributed by atoms with E-state index in [0.717, 1.165) is 39.8 Å². The Morgan fingerprint density at radius 1 is 0.946 bits per heavy atom. The van der Waals surface area contributed by atoms with Crippen LogP contribution in [0.25, 0.3) is 16.8 Å². The molecular weight excluding hydrogens is 488 g/mol. The summed E-state index contributed by atoms with van der Waals surface area (Å²) in [6, 6.07) is 24.5. The number of hydrogen-bond donors (Lipinski definition) is 0. The summed E-state index contributed by atoms with van der Waals surface area (Å²) in [4.78, 5) is 26.6. The molecular formula is C28H25ClN6O2. The summed E-state index contributed by atoms with van der Waals surface area (Å²) in [6.07, 6.45) is 3.97. The van der Waals surface area contributed by atoms with Crippen LogP contribution >= 0.6 is 11.6 Å². The normalized spacial score (nSPS) is 11.1. The summed E-state index contributed by atoms with van der Waals surface area (Å²) < 4.78 is 4.32. The molecule has 0 fully saturated rings. The largest absolute Gasteiger partial charge is 0.337 e. The number of hydrogen-bond acceptors (Lipinski definition) is 5. The Hall–Kier alpha value is -4.30. The van der Waals surface area contributed by atoms with Crippen LogP contribution in [-0.2, 0) is 13.0 Å². The van der Waals surface area contributed by atoms with E-state index in [-0.39, 0.29) is 5.15 Å². The van der Waals surface area contributed by atoms with E-state index in [4.69, 9.17) is 11.6 Å². The highest BCUT2D eigenvalue weighted by Gasteiger charge is 2.23. The number of carbonyl (C=O) groups is 1. The number of unbranched alkanes of at least 4 members (excludes halogenated alkanes) is 1. The van der Waals surface area contributed by atoms with Gasteiger partial charge in [-0.25, -0.2) is 9.36 Å². The quantitative estimate of drug-likeness (QED) is 0.291. The van der Waals surface area contributed by atoms with Crippen molar-refractivity contribution < 1.29 is 4.79 Å². The summed E-state index contributed by atoms with van der Waals surface area (Å²) in [5.41, 5.74) is 4.40. The van der Waals surface area contributed by atoms with Crippen molar-refractivity contribution in [2.24, 2.45) is 0 Å². The minimum atomic E-state index is -0.432. The monoisotopic (exact) mass is 512 g/mol. The summed E-state index contributed by atoms with van der Waals surface area (Å²) in [5.74, 6) is -0.429. The Kier molecular flexibility index (Phi) is 7.09. The Morgan fingerprint density at radius 2 is 1.68 bits per heavy atom. The molecule has 186 valence electrons. The van der Waals surface area contributed by atoms with Gasteiger partial charge in [0.05, 0.1) is 17.9 Å². The number of rotatable bonds is 8. The van der Waals surface area contributed by atoms with Gasteiger partial charge in [-0.2, -0.15) is 4.68 Å². The highest BCUT2D eigenvalue weighted by Crippen LogP contribution is 2.27. The summed E-state index contributed by atoms with van der Waals surface area (Å²) in [6.45, 7) is 2.38. The molecule has 0 aliphatic heterocycles. The second kappa shape index (κ2) is 10.8. The van der Waals surface area contributed by atoms with Crippen LogP contribution in [0.5, 0.6) is 0 Å². The third kappa shape index (κ3) is 4.88. The molecule has 8 nitrogen and oxygen atoms in total. The van der Waals surface area contributed by atoms with Crippen LogP contribution < -0.4 is 5.69 Å². The van der Waals surface area contributed by atoms with Gasteiger partial charge in [0.2, 0.25) is 0 Å². The number of benzene rings is 3. The van der Waals surface area contributed by atoms with Crippen molar-refractivity contribution in [3.05, 3.63) is 118 Å². The second-order valence-corrected chi connectivity index (χ2v) is 9.04. The fourth-order valence-electron chi connectivity index (χ4n) is 4.35. The van der Waals surface area contributed by atoms with Gasteiger partial charge in [-0.1, -0.05) is 85.6 Å². The fourth-order valence-corrected chi connectivity index (χ4v) is 4.70. The van der Waals surface area contributed by atoms with Crippen molar-refractivity contribution in [2.45, 2.75) is 32.7 Å². The van der Waals surface area contributed by atoms with Crippen molar-refractivity contribution in [3.63, 3.8) is 0 Å². The zero-order chi connectivity index (χ0) is 25.8. The predicted octanol–water partition coefficient (Wildman–Crippen LogP) is 5.03. The van der Waals surface area contributed by atoms with Gasteiger partial charge in [0, 0.05) is 11.1 Å². The maximum Gasteiger partial charge on any atom is 0.337 e. The van der Waals surface area contributed by atoms with E-state index in [9.17, 15) is 9.59 Å². The number of para-hydroxylation sites is 1. The number of carbonyl (C=O) groups excluding carboxylic acids is 1. The van der Waals surface area contributed by atoms with Gasteiger partial charge in [0.15, 0.2) is 0 Å². The molecule has 2 aromatic heterocycles. The molecule has 0 spiro atoms. The standard InChI is InChI=1S/C28H25ClN6O2/c1-2-3-12-25-26(29)35(27(36)22-9-5-4-6-10-22)28(37)33(25)18-20-14-16-21(17-15-20)23-11-7-8-13-24(23)34-19-30-31-32-34/h4-11,13-17,19H,2-3,12,18H2,1H3. The molecule has 0 N–H and O–H groups in total. The van der Waals surface area contributed by atoms with E-state index in [2.05, 4.69) is 22.4 Å². The lowest BCUT2D eigenvalue weighted by Gasteiger charge is -2.11. The van der Waals surface area contributed by atoms with Crippen molar-refractivity contribution in [1.82, 2.24) is 29.3 Å². The maximum atomic E-state index is 13.5. The molecule has 0 unspecified atom stereocenters. The number of tetrazole rings is 1. The average Bonchev–Trinajstić information content (AvgIpc) is 3.55. The molecule has 0 radical (unpaired) electrons. The Morgan fingerprint density at radius 3 is 2.38 bits per heavy atom. The van der Waals surface area contributed by atoms with E-state index in [1.807, 2.05) is 54.6 Å². The highest BCUT2D eigenvalue weighted by atomic mass is 35.5. The molecule has 2 heterocycles. The zero-order valence-corrected chi connectivity index (χ0v) is 21.0. The zero-order valence-electron chi connectivity index (χ0n) is 20.3. The summed E-state index contributed by atoms with van der Waals surface area (Å²) >= 11 is 6.66. The van der Waals surface area contributed by atoms with Crippen LogP contribution in [-0.4, -0.2) is 35.2 Å². The fraction of sp³-hybridized carbons (Fsp3) is 0.179. The van der Waals surface area contributed by atoms with Crippen LogP contribution in [0, 0.1) is 0 Å². The minimum Gasteiger partial charge on any atom is -0.290 e. The van der Waals surface area contributed by atoms with Crippen LogP contribution in [0.2, 0.25) is 5.15 Å². The highest BCUT2D eigenvalue weighted by molar-refractivity contribution is 6.31. The topological polar surface area (TPSA) is 87.6 Å². The second-order valence-electron chi connectivity index (χ2n) is 8.68. The molecule has 0 atom stereocenters. The Labute approximate surface area is 218 Å². The summed E-state index contributed by atoms with van der Waals surface area (Å²) in [7, 11) is 0. The van der Waals surface area contributed by atoms with E-state index in [1.54, 1.807) is 39.8 Å². The molecule has 9 heteroatoms. The summed E-state index contributed by atoms with van der Waals surface area (Å²) in [5, 5.41) is 11.7. The number of nitrogens with zero attached hydrogens (tertiary/aromatic N) is 6. The van der Waals surface area contributed by atoms with Crippen LogP contribution in [0.3, 0.4) is 0 Å². The smallest absolute Gasteiger partial charge is 0.290 e. The van der Waals surface area contributed by atoms with Crippen LogP contribution in [0.1, 0.15) is 41.4 Å². The number of halogens is 1. The van der Waals surface area contributed by atoms with Crippen LogP contribution in [0.15, 0.2) is 90.0 Å². The van der Waals surface area contributed by atoms with Crippen molar-refractivity contribution in [3.8, 4) is 16.8 Å². The molecule has 0 saturated carbocycles. The Balaban J connectivity index is 1.49. The third-order valence-electron chi connectivity index (χ3n) is 6.28. The predicted molar refractivity (Wildman–Crippen MR) is 142 cm³/mol. The molecule has 3 aromatic carbocycles. The lowest BCUT2D eigenvalue weighted by Crippen LogP contribution is -2.30. The Bertz CT molecular complexity index is 1570. The average molecular weight is 513 g/mol. The van der Waals surface area contributed by atoms with Gasteiger partial charge in [-0.15, -0.1) is 5.10 Å². The molecule has 37 heavy (non-hydrogen) atoms. The SMILES string of the molecule is CCCCc1c(Cl)n(C(=O)c2ccccc2)c(=O)n1Cc1ccc(-c2ccccc2-n2cnnn2)cc1. The third-order valence-corrected chi connectivity index (χ3v) is 6.67. The minimum absolute atomic E-state index is 0.180. The first-order chi connectivity index (χ1) is 18.1. The molecule has 5 aromatic rings. The van der Waals surface area contributed by atoms with Gasteiger partial charge in [-0.3, -0.25) is 9.36 Å². The first kappa shape index (κ1) is 24.4. The lowest BCUT2D eigenvalue weighted by molar-refractivity contribution is 0.0955. The van der Waals surface area contributed by atoms with Crippen molar-refractivity contribution in [1.29, 1.82) is 0 Å². The molecule has 0 bridgehead atoms. The van der Waals surface area contributed by atoms with E-state index < -0.39 is 11.6 Å². The molecule has 0 amide bonds. The molecule has 0 aliphatic rings. The van der Waals surface area contributed by atoms with Gasteiger partial charge >= 0.3 is 5.69 Å². The molecule has 5 rings (SSSR count). The van der Waals surface area contributed by atoms with E-state index in [0.29, 0.717) is 24.2 Å². The van der Waals surface area contributed by atoms with E-state index >= 15 is 0 Å². The van der Waals surface area contributed by atoms with Gasteiger partial charge in [0.25, 0.3) is 5.91 Å². The first-order valence-electron chi connectivity index (χ1n) is 12.1. The van der Waals surface area contributed by atoms with Gasteiger partial charge in [0.1, 0.15) is 11.5 Å². The molecule has 0 aliphatic carbocycles. The van der Waals surface area contributed by atoms with Crippen molar-refractivity contribution >= 4 is 17.5 Å². The lowest BCUT2D eigenvalue weighted by atomic mass is 10.0. The maximum absolute atomic E-state index is 13.5. The van der Waals surface area contributed by atoms with E-state index in [1.165, 1.54) is 0 Å². The van der Waals surface area contributed by atoms with Crippen molar-refractivity contribution in [2.75, 3.05) is 0 Å². The van der Waals surface area contributed by atoms with Crippen LogP contribution in [0.4, 0.5) is 0 Å². The first-order valence-corrected chi connectivity index (χ1v) is 12.5. The van der Waals surface area contributed by atoms with Gasteiger partial charge < -0.3 is 0 Å².